The maximum absolute atomic E-state index is 11.4. The van der Waals surface area contributed by atoms with E-state index in [1.165, 1.54) is 0 Å². The van der Waals surface area contributed by atoms with E-state index < -0.39 is 11.9 Å². The Labute approximate surface area is 141 Å². The topological polar surface area (TPSA) is 77.8 Å². The first-order valence-electron chi connectivity index (χ1n) is 7.73. The molecule has 0 aliphatic carbocycles. The number of anilines is 1. The van der Waals surface area contributed by atoms with Crippen LogP contribution in [0.1, 0.15) is 33.5 Å². The van der Waals surface area contributed by atoms with E-state index in [1.54, 1.807) is 24.3 Å². The highest BCUT2D eigenvalue weighted by Crippen LogP contribution is 2.22. The fourth-order valence-corrected chi connectivity index (χ4v) is 2.74. The number of hydrogen-bond donors (Lipinski definition) is 2. The highest BCUT2D eigenvalue weighted by Gasteiger charge is 2.15. The molecule has 24 heavy (non-hydrogen) atoms. The third-order valence-electron chi connectivity index (χ3n) is 3.78. The van der Waals surface area contributed by atoms with Gasteiger partial charge in [-0.05, 0) is 48.7 Å². The molecule has 0 saturated heterocycles. The van der Waals surface area contributed by atoms with E-state index in [-0.39, 0.29) is 12.0 Å². The van der Waals surface area contributed by atoms with Crippen LogP contribution in [0.3, 0.4) is 0 Å². The van der Waals surface area contributed by atoms with Gasteiger partial charge in [0.25, 0.3) is 0 Å². The average molecular weight is 327 g/mol. The number of carbonyl (C=O) groups is 2. The molecule has 0 fully saturated rings. The van der Waals surface area contributed by atoms with E-state index in [0.29, 0.717) is 18.7 Å². The van der Waals surface area contributed by atoms with Gasteiger partial charge in [0.2, 0.25) is 0 Å². The lowest BCUT2D eigenvalue weighted by Crippen LogP contribution is -2.26. The Hall–Kier alpha value is -2.82. The van der Waals surface area contributed by atoms with Crippen LogP contribution in [0.25, 0.3) is 0 Å². The lowest BCUT2D eigenvalue weighted by atomic mass is 10.1. The Morgan fingerprint density at radius 3 is 2.21 bits per heavy atom. The van der Waals surface area contributed by atoms with Gasteiger partial charge in [0, 0.05) is 18.8 Å². The van der Waals surface area contributed by atoms with Crippen LogP contribution in [0.15, 0.2) is 42.5 Å². The van der Waals surface area contributed by atoms with Gasteiger partial charge in [0.1, 0.15) is 0 Å². The van der Waals surface area contributed by atoms with Gasteiger partial charge < -0.3 is 15.1 Å². The number of carboxylic acids is 2. The van der Waals surface area contributed by atoms with Crippen molar-refractivity contribution < 1.29 is 19.8 Å². The number of carboxylic acid groups (broad SMARTS) is 2. The Morgan fingerprint density at radius 1 is 1.00 bits per heavy atom. The van der Waals surface area contributed by atoms with Crippen LogP contribution in [0, 0.1) is 13.8 Å². The summed E-state index contributed by atoms with van der Waals surface area (Å²) in [5.41, 5.74) is 3.96. The molecule has 0 bridgehead atoms. The second kappa shape index (κ2) is 7.64. The third-order valence-corrected chi connectivity index (χ3v) is 3.78. The predicted molar refractivity (Wildman–Crippen MR) is 92.6 cm³/mol. The monoisotopic (exact) mass is 327 g/mol. The summed E-state index contributed by atoms with van der Waals surface area (Å²) in [4.78, 5) is 24.3. The Balaban J connectivity index is 2.36. The number of aryl methyl sites for hydroxylation is 2. The SMILES string of the molecule is Cc1cc(C)cc(N(CCC(=O)O)Cc2ccccc2C(=O)O)c1. The molecule has 126 valence electrons. The van der Waals surface area contributed by atoms with Crippen LogP contribution in [0.4, 0.5) is 5.69 Å². The second-order valence-electron chi connectivity index (χ2n) is 5.87. The van der Waals surface area contributed by atoms with Crippen molar-refractivity contribution in [2.24, 2.45) is 0 Å². The standard InChI is InChI=1S/C19H21NO4/c1-13-9-14(2)11-16(10-13)20(8-7-18(21)22)12-15-5-3-4-6-17(15)19(23)24/h3-6,9-11H,7-8,12H2,1-2H3,(H,21,22)(H,23,24). The molecule has 2 aromatic carbocycles. The molecule has 0 aliphatic heterocycles. The summed E-state index contributed by atoms with van der Waals surface area (Å²) in [5, 5.41) is 18.3. The number of benzene rings is 2. The molecule has 0 spiro atoms. The fraction of sp³-hybridized carbons (Fsp3) is 0.263. The van der Waals surface area contributed by atoms with Gasteiger partial charge in [-0.2, -0.15) is 0 Å². The highest BCUT2D eigenvalue weighted by atomic mass is 16.4. The summed E-state index contributed by atoms with van der Waals surface area (Å²) >= 11 is 0. The van der Waals surface area contributed by atoms with E-state index in [2.05, 4.69) is 0 Å². The molecule has 0 amide bonds. The second-order valence-corrected chi connectivity index (χ2v) is 5.87. The Kier molecular flexibility index (Phi) is 5.58. The Bertz CT molecular complexity index is 735. The van der Waals surface area contributed by atoms with E-state index in [1.807, 2.05) is 36.9 Å². The molecule has 0 saturated carbocycles. The maximum Gasteiger partial charge on any atom is 0.336 e. The summed E-state index contributed by atoms with van der Waals surface area (Å²) in [7, 11) is 0. The maximum atomic E-state index is 11.4. The van der Waals surface area contributed by atoms with Crippen LogP contribution in [0.2, 0.25) is 0 Å². The van der Waals surface area contributed by atoms with Gasteiger partial charge in [0.15, 0.2) is 0 Å². The normalized spacial score (nSPS) is 10.4. The number of rotatable bonds is 7. The van der Waals surface area contributed by atoms with Crippen molar-refractivity contribution in [1.82, 2.24) is 0 Å². The van der Waals surface area contributed by atoms with Crippen molar-refractivity contribution in [1.29, 1.82) is 0 Å². The van der Waals surface area contributed by atoms with Gasteiger partial charge >= 0.3 is 11.9 Å². The van der Waals surface area contributed by atoms with Crippen LogP contribution >= 0.6 is 0 Å². The average Bonchev–Trinajstić information content (AvgIpc) is 2.50. The molecular formula is C19H21NO4. The van der Waals surface area contributed by atoms with Crippen molar-refractivity contribution in [3.05, 3.63) is 64.7 Å². The first-order chi connectivity index (χ1) is 11.4. The van der Waals surface area contributed by atoms with Gasteiger partial charge in [0.05, 0.1) is 12.0 Å². The fourth-order valence-electron chi connectivity index (χ4n) is 2.74. The molecule has 0 radical (unpaired) electrons. The van der Waals surface area contributed by atoms with Crippen LogP contribution in [0.5, 0.6) is 0 Å². The van der Waals surface area contributed by atoms with Crippen molar-refractivity contribution in [2.45, 2.75) is 26.8 Å². The molecule has 2 N–H and O–H groups in total. The zero-order chi connectivity index (χ0) is 17.7. The van der Waals surface area contributed by atoms with E-state index in [0.717, 1.165) is 16.8 Å². The van der Waals surface area contributed by atoms with Crippen LogP contribution < -0.4 is 4.90 Å². The van der Waals surface area contributed by atoms with Gasteiger partial charge in [-0.15, -0.1) is 0 Å². The first-order valence-corrected chi connectivity index (χ1v) is 7.73. The summed E-state index contributed by atoms with van der Waals surface area (Å²) in [6.45, 7) is 4.62. The molecule has 5 heteroatoms. The molecule has 0 aromatic heterocycles. The highest BCUT2D eigenvalue weighted by molar-refractivity contribution is 5.89. The molecule has 2 rings (SSSR count). The lowest BCUT2D eigenvalue weighted by Gasteiger charge is -2.26. The molecule has 2 aromatic rings. The van der Waals surface area contributed by atoms with Crippen molar-refractivity contribution in [3.63, 3.8) is 0 Å². The smallest absolute Gasteiger partial charge is 0.336 e. The van der Waals surface area contributed by atoms with E-state index in [9.17, 15) is 14.7 Å². The third kappa shape index (κ3) is 4.59. The number of nitrogens with zero attached hydrogens (tertiary/aromatic N) is 1. The van der Waals surface area contributed by atoms with Crippen LogP contribution in [-0.4, -0.2) is 28.7 Å². The van der Waals surface area contributed by atoms with Gasteiger partial charge in [-0.25, -0.2) is 4.79 Å². The minimum Gasteiger partial charge on any atom is -0.481 e. The quantitative estimate of drug-likeness (QED) is 0.814. The largest absolute Gasteiger partial charge is 0.481 e. The molecule has 0 aliphatic rings. The number of hydrogen-bond acceptors (Lipinski definition) is 3. The minimum atomic E-state index is -0.982. The first kappa shape index (κ1) is 17.5. The summed E-state index contributed by atoms with van der Waals surface area (Å²) < 4.78 is 0. The van der Waals surface area contributed by atoms with Crippen LogP contribution in [-0.2, 0) is 11.3 Å². The van der Waals surface area contributed by atoms with Gasteiger partial charge in [-0.1, -0.05) is 24.3 Å². The van der Waals surface area contributed by atoms with Crippen molar-refractivity contribution >= 4 is 17.6 Å². The lowest BCUT2D eigenvalue weighted by molar-refractivity contribution is -0.136. The Morgan fingerprint density at radius 2 is 1.62 bits per heavy atom. The molecule has 0 heterocycles. The summed E-state index contributed by atoms with van der Waals surface area (Å²) in [6.07, 6.45) is -0.0117. The summed E-state index contributed by atoms with van der Waals surface area (Å²) in [5.74, 6) is -1.86. The summed E-state index contributed by atoms with van der Waals surface area (Å²) in [6, 6.07) is 12.8. The molecule has 0 atom stereocenters. The molecule has 0 unspecified atom stereocenters. The zero-order valence-corrected chi connectivity index (χ0v) is 13.8. The van der Waals surface area contributed by atoms with Crippen molar-refractivity contribution in [3.8, 4) is 0 Å². The molecular weight excluding hydrogens is 306 g/mol. The minimum absolute atomic E-state index is 0.0117. The number of aliphatic carboxylic acids is 1. The van der Waals surface area contributed by atoms with E-state index in [4.69, 9.17) is 5.11 Å². The van der Waals surface area contributed by atoms with Gasteiger partial charge in [-0.3, -0.25) is 4.79 Å². The zero-order valence-electron chi connectivity index (χ0n) is 13.8. The predicted octanol–water partition coefficient (Wildman–Crippen LogP) is 3.48. The van der Waals surface area contributed by atoms with E-state index >= 15 is 0 Å². The molecule has 5 nitrogen and oxygen atoms in total. The van der Waals surface area contributed by atoms with Crippen molar-refractivity contribution in [2.75, 3.05) is 11.4 Å². The number of aromatic carboxylic acids is 1.